The summed E-state index contributed by atoms with van der Waals surface area (Å²) in [6.45, 7) is 10.8. The van der Waals surface area contributed by atoms with Crippen LogP contribution >= 0.6 is 0 Å². The quantitative estimate of drug-likeness (QED) is 0.432. The summed E-state index contributed by atoms with van der Waals surface area (Å²) in [5.41, 5.74) is 0.794. The molecule has 2 aliphatic heterocycles. The van der Waals surface area contributed by atoms with Crippen molar-refractivity contribution in [2.45, 2.75) is 110 Å². The van der Waals surface area contributed by atoms with Crippen LogP contribution in [0.1, 0.15) is 91.9 Å². The van der Waals surface area contributed by atoms with Crippen LogP contribution < -0.4 is 0 Å². The lowest BCUT2D eigenvalue weighted by Crippen LogP contribution is -2.54. The first-order valence-corrected chi connectivity index (χ1v) is 13.2. The van der Waals surface area contributed by atoms with E-state index in [-0.39, 0.29) is 5.79 Å². The van der Waals surface area contributed by atoms with Crippen molar-refractivity contribution in [1.29, 1.82) is 0 Å². The van der Waals surface area contributed by atoms with Crippen molar-refractivity contribution in [2.24, 2.45) is 52.3 Å². The molecule has 30 heavy (non-hydrogen) atoms. The Morgan fingerprint density at radius 1 is 0.833 bits per heavy atom. The third-order valence-corrected chi connectivity index (χ3v) is 11.9. The Hall–Kier alpha value is -0.150. The van der Waals surface area contributed by atoms with Crippen molar-refractivity contribution < 1.29 is 13.9 Å². The molecule has 0 aromatic carbocycles. The molecule has 3 heteroatoms. The smallest absolute Gasteiger partial charge is 0.171 e. The van der Waals surface area contributed by atoms with Crippen LogP contribution in [-0.2, 0) is 9.47 Å². The normalized spacial score (nSPS) is 62.5. The number of hydrogen-bond donors (Lipinski definition) is 0. The highest BCUT2D eigenvalue weighted by Crippen LogP contribution is 2.71. The third kappa shape index (κ3) is 2.60. The number of hydrogen-bond acceptors (Lipinski definition) is 2. The molecule has 0 radical (unpaired) electrons. The Bertz CT molecular complexity index is 686. The summed E-state index contributed by atoms with van der Waals surface area (Å²) in [5.74, 6) is 4.62. The number of rotatable bonds is 0. The van der Waals surface area contributed by atoms with Gasteiger partial charge in [0.25, 0.3) is 0 Å². The summed E-state index contributed by atoms with van der Waals surface area (Å²) in [6.07, 6.45) is 11.5. The second kappa shape index (κ2) is 6.69. The van der Waals surface area contributed by atoms with E-state index in [0.29, 0.717) is 40.6 Å². The van der Waals surface area contributed by atoms with Crippen LogP contribution in [0.2, 0.25) is 0 Å². The first-order valence-electron chi connectivity index (χ1n) is 13.2. The molecule has 1 spiro atoms. The fourth-order valence-electron chi connectivity index (χ4n) is 10.2. The second-order valence-corrected chi connectivity index (χ2v) is 13.0. The van der Waals surface area contributed by atoms with Crippen LogP contribution in [0, 0.1) is 52.3 Å². The van der Waals surface area contributed by atoms with Gasteiger partial charge >= 0.3 is 0 Å². The molecule has 0 unspecified atom stereocenters. The molecule has 0 N–H and O–H groups in total. The Morgan fingerprint density at radius 3 is 2.40 bits per heavy atom. The van der Waals surface area contributed by atoms with Crippen molar-refractivity contribution >= 4 is 0 Å². The van der Waals surface area contributed by atoms with Gasteiger partial charge in [-0.15, -0.1) is 0 Å². The highest BCUT2D eigenvalue weighted by molar-refractivity contribution is 5.15. The van der Waals surface area contributed by atoms with E-state index in [1.807, 2.05) is 0 Å². The predicted molar refractivity (Wildman–Crippen MR) is 117 cm³/mol. The molecule has 4 saturated carbocycles. The van der Waals surface area contributed by atoms with E-state index in [9.17, 15) is 4.39 Å². The molecule has 2 saturated heterocycles. The summed E-state index contributed by atoms with van der Waals surface area (Å²) in [5, 5.41) is 0. The van der Waals surface area contributed by atoms with Crippen LogP contribution in [0.3, 0.4) is 0 Å². The summed E-state index contributed by atoms with van der Waals surface area (Å²) in [7, 11) is 0. The molecule has 2 nitrogen and oxygen atoms in total. The van der Waals surface area contributed by atoms with Gasteiger partial charge in [-0.2, -0.15) is 0 Å². The molecule has 12 atom stereocenters. The maximum absolute atomic E-state index is 14.2. The Kier molecular flexibility index (Phi) is 4.56. The number of halogens is 1. The minimum absolute atomic E-state index is 0.296. The number of alkyl halides is 1. The molecule has 6 fully saturated rings. The van der Waals surface area contributed by atoms with Crippen LogP contribution in [0.25, 0.3) is 0 Å². The zero-order valence-electron chi connectivity index (χ0n) is 19.7. The molecule has 4 aliphatic carbocycles. The maximum Gasteiger partial charge on any atom is 0.171 e. The van der Waals surface area contributed by atoms with Crippen LogP contribution in [0.15, 0.2) is 0 Å². The zero-order chi connectivity index (χ0) is 20.9. The van der Waals surface area contributed by atoms with Gasteiger partial charge in [0.05, 0.1) is 12.7 Å². The molecular weight excluding hydrogens is 375 g/mol. The fourth-order valence-corrected chi connectivity index (χ4v) is 10.2. The van der Waals surface area contributed by atoms with E-state index in [4.69, 9.17) is 9.47 Å². The molecule has 0 amide bonds. The first kappa shape index (κ1) is 20.5. The summed E-state index contributed by atoms with van der Waals surface area (Å²) in [4.78, 5) is 0. The van der Waals surface area contributed by atoms with Gasteiger partial charge < -0.3 is 9.47 Å². The Labute approximate surface area is 183 Å². The van der Waals surface area contributed by atoms with Crippen molar-refractivity contribution in [2.75, 3.05) is 6.61 Å². The molecule has 2 heterocycles. The molecule has 6 rings (SSSR count). The van der Waals surface area contributed by atoms with Crippen LogP contribution in [-0.4, -0.2) is 24.7 Å². The van der Waals surface area contributed by atoms with Gasteiger partial charge in [-0.25, -0.2) is 4.39 Å². The van der Waals surface area contributed by atoms with Gasteiger partial charge in [-0.05, 0) is 104 Å². The Morgan fingerprint density at radius 2 is 1.63 bits per heavy atom. The van der Waals surface area contributed by atoms with Gasteiger partial charge in [0.15, 0.2) is 5.79 Å². The number of ether oxygens (including phenoxy) is 2. The minimum atomic E-state index is -0.539. The highest BCUT2D eigenvalue weighted by atomic mass is 19.1. The van der Waals surface area contributed by atoms with Crippen molar-refractivity contribution in [3.05, 3.63) is 0 Å². The van der Waals surface area contributed by atoms with Gasteiger partial charge in [0, 0.05) is 12.3 Å². The van der Waals surface area contributed by atoms with Crippen LogP contribution in [0.5, 0.6) is 0 Å². The highest BCUT2D eigenvalue weighted by Gasteiger charge is 2.69. The lowest BCUT2D eigenvalue weighted by atomic mass is 9.44. The molecule has 0 aromatic heterocycles. The van der Waals surface area contributed by atoms with E-state index in [1.165, 1.54) is 38.5 Å². The standard InChI is InChI=1S/C27H43FO2/c1-16-7-12-27(29-15-16)17(2)24-23(30-27)14-22-20-6-5-18-13-19(28)8-10-25(18,3)21(20)9-11-26(22,24)4/h16-24H,5-15H2,1-4H3/t16-,17+,18-,19+,20-,21+,22+,23+,24+,25+,26+,27-/m1/s1. The average molecular weight is 419 g/mol. The largest absolute Gasteiger partial charge is 0.349 e. The fraction of sp³-hybridized carbons (Fsp3) is 1.00. The van der Waals surface area contributed by atoms with Crippen molar-refractivity contribution in [3.63, 3.8) is 0 Å². The van der Waals surface area contributed by atoms with E-state index >= 15 is 0 Å². The van der Waals surface area contributed by atoms with Gasteiger partial charge in [-0.3, -0.25) is 0 Å². The molecule has 6 aliphatic rings. The molecule has 0 bridgehead atoms. The molecule has 170 valence electrons. The second-order valence-electron chi connectivity index (χ2n) is 13.0. The van der Waals surface area contributed by atoms with Gasteiger partial charge in [-0.1, -0.05) is 27.7 Å². The Balaban J connectivity index is 1.26. The summed E-state index contributed by atoms with van der Waals surface area (Å²) >= 11 is 0. The summed E-state index contributed by atoms with van der Waals surface area (Å²) in [6, 6.07) is 0. The zero-order valence-corrected chi connectivity index (χ0v) is 19.7. The minimum Gasteiger partial charge on any atom is -0.349 e. The topological polar surface area (TPSA) is 18.5 Å². The molecular formula is C27H43FO2. The van der Waals surface area contributed by atoms with E-state index in [0.717, 1.165) is 50.0 Å². The molecule has 0 aromatic rings. The average Bonchev–Trinajstić information content (AvgIpc) is 3.16. The lowest BCUT2D eigenvalue weighted by molar-refractivity contribution is -0.273. The van der Waals surface area contributed by atoms with E-state index in [1.54, 1.807) is 0 Å². The monoisotopic (exact) mass is 418 g/mol. The predicted octanol–water partition coefficient (Wildman–Crippen LogP) is 6.77. The van der Waals surface area contributed by atoms with Gasteiger partial charge in [0.1, 0.15) is 6.17 Å². The summed E-state index contributed by atoms with van der Waals surface area (Å²) < 4.78 is 27.5. The SMILES string of the molecule is C[C@@H]1CC[C@@]2(OC1)O[C@H]1C[C@H]3[C@@H]4CC[C@@H]5C[C@@H](F)CC[C@]5(C)[C@H]4CC[C@]3(C)[C@H]1[C@@H]2C. The van der Waals surface area contributed by atoms with E-state index < -0.39 is 6.17 Å². The van der Waals surface area contributed by atoms with Gasteiger partial charge in [0.2, 0.25) is 0 Å². The third-order valence-electron chi connectivity index (χ3n) is 11.9. The van der Waals surface area contributed by atoms with Crippen molar-refractivity contribution in [3.8, 4) is 0 Å². The lowest BCUT2D eigenvalue weighted by Gasteiger charge is -2.61. The van der Waals surface area contributed by atoms with Crippen LogP contribution in [0.4, 0.5) is 4.39 Å². The van der Waals surface area contributed by atoms with Crippen molar-refractivity contribution in [1.82, 2.24) is 0 Å². The first-order chi connectivity index (χ1) is 14.3. The maximum atomic E-state index is 14.2. The van der Waals surface area contributed by atoms with E-state index in [2.05, 4.69) is 27.7 Å². The number of fused-ring (bicyclic) bond motifs is 7.